The number of halogens is 2. The minimum atomic E-state index is -0.263. The summed E-state index contributed by atoms with van der Waals surface area (Å²) in [6.07, 6.45) is -0.263. The number of hydrogen-bond acceptors (Lipinski definition) is 5. The predicted molar refractivity (Wildman–Crippen MR) is 125 cm³/mol. The van der Waals surface area contributed by atoms with Crippen molar-refractivity contribution < 1.29 is 19.0 Å². The zero-order chi connectivity index (χ0) is 20.5. The minimum Gasteiger partial charge on any atom is -0.493 e. The molecule has 29 heavy (non-hydrogen) atoms. The molecule has 0 aliphatic carbocycles. The minimum absolute atomic E-state index is 0. The largest absolute Gasteiger partial charge is 0.493 e. The lowest BCUT2D eigenvalue weighted by atomic mass is 10.2. The number of guanidine groups is 1. The molecule has 1 amide bonds. The van der Waals surface area contributed by atoms with Gasteiger partial charge in [-0.2, -0.15) is 0 Å². The lowest BCUT2D eigenvalue weighted by Gasteiger charge is -2.35. The molecule has 164 valence electrons. The number of amides is 1. The van der Waals surface area contributed by atoms with Crippen molar-refractivity contribution in [2.75, 3.05) is 53.6 Å². The number of carbonyl (C=O) groups excluding carboxylic acids is 1. The van der Waals surface area contributed by atoms with Crippen LogP contribution in [0, 0.1) is 0 Å². The first-order chi connectivity index (χ1) is 13.5. The highest BCUT2D eigenvalue weighted by molar-refractivity contribution is 14.0. The summed E-state index contributed by atoms with van der Waals surface area (Å²) in [7, 11) is 3.33. The van der Waals surface area contributed by atoms with Crippen molar-refractivity contribution in [3.63, 3.8) is 0 Å². The Morgan fingerprint density at radius 3 is 2.38 bits per heavy atom. The number of aliphatic imine (C=N–C) groups is 1. The zero-order valence-corrected chi connectivity index (χ0v) is 20.5. The highest BCUT2D eigenvalue weighted by atomic mass is 127. The second kappa shape index (κ2) is 12.8. The maximum atomic E-state index is 11.8. The lowest BCUT2D eigenvalue weighted by Crippen LogP contribution is -2.53. The molecule has 0 bridgehead atoms. The SMILES string of the molecule is CCOC(=O)N1CCN(C(=NC)NCc2cc(Cl)c(OCC)c(OC)c2)CC1.I. The molecule has 0 atom stereocenters. The van der Waals surface area contributed by atoms with Gasteiger partial charge in [-0.15, -0.1) is 24.0 Å². The van der Waals surface area contributed by atoms with Gasteiger partial charge in [0.1, 0.15) is 0 Å². The Morgan fingerprint density at radius 1 is 1.17 bits per heavy atom. The Morgan fingerprint density at radius 2 is 1.83 bits per heavy atom. The van der Waals surface area contributed by atoms with E-state index in [-0.39, 0.29) is 30.1 Å². The van der Waals surface area contributed by atoms with Crippen LogP contribution in [-0.4, -0.2) is 75.4 Å². The average molecular weight is 541 g/mol. The summed E-state index contributed by atoms with van der Waals surface area (Å²) < 4.78 is 16.0. The fourth-order valence-corrected chi connectivity index (χ4v) is 3.28. The third kappa shape index (κ3) is 6.98. The van der Waals surface area contributed by atoms with Crippen LogP contribution in [-0.2, 0) is 11.3 Å². The lowest BCUT2D eigenvalue weighted by molar-refractivity contribution is 0.0914. The second-order valence-corrected chi connectivity index (χ2v) is 6.52. The molecule has 0 aromatic heterocycles. The molecule has 0 radical (unpaired) electrons. The maximum absolute atomic E-state index is 11.8. The summed E-state index contributed by atoms with van der Waals surface area (Å²) in [5.74, 6) is 1.92. The number of carbonyl (C=O) groups is 1. The Balaban J connectivity index is 0.00000420. The molecule has 8 nitrogen and oxygen atoms in total. The molecule has 1 heterocycles. The van der Waals surface area contributed by atoms with Gasteiger partial charge >= 0.3 is 6.09 Å². The van der Waals surface area contributed by atoms with Gasteiger partial charge in [-0.1, -0.05) is 11.6 Å². The van der Waals surface area contributed by atoms with Gasteiger partial charge in [0.2, 0.25) is 0 Å². The molecule has 1 aromatic rings. The fourth-order valence-electron chi connectivity index (χ4n) is 2.99. The van der Waals surface area contributed by atoms with Crippen LogP contribution in [0.3, 0.4) is 0 Å². The monoisotopic (exact) mass is 540 g/mol. The average Bonchev–Trinajstić information content (AvgIpc) is 2.70. The van der Waals surface area contributed by atoms with E-state index in [1.807, 2.05) is 26.0 Å². The van der Waals surface area contributed by atoms with Gasteiger partial charge in [0.15, 0.2) is 17.5 Å². The second-order valence-electron chi connectivity index (χ2n) is 6.12. The first kappa shape index (κ1) is 25.4. The summed E-state index contributed by atoms with van der Waals surface area (Å²) >= 11 is 6.34. The smallest absolute Gasteiger partial charge is 0.409 e. The molecule has 2 rings (SSSR count). The number of ether oxygens (including phenoxy) is 3. The van der Waals surface area contributed by atoms with E-state index < -0.39 is 0 Å². The van der Waals surface area contributed by atoms with Crippen molar-refractivity contribution in [3.8, 4) is 11.5 Å². The highest BCUT2D eigenvalue weighted by Gasteiger charge is 2.23. The van der Waals surface area contributed by atoms with E-state index in [2.05, 4.69) is 15.2 Å². The predicted octanol–water partition coefficient (Wildman–Crippen LogP) is 3.21. The quantitative estimate of drug-likeness (QED) is 0.339. The molecule has 1 N–H and O–H groups in total. The summed E-state index contributed by atoms with van der Waals surface area (Å²) in [5.41, 5.74) is 0.955. The number of piperazine rings is 1. The van der Waals surface area contributed by atoms with Gasteiger partial charge < -0.3 is 29.3 Å². The van der Waals surface area contributed by atoms with Crippen LogP contribution in [0.1, 0.15) is 19.4 Å². The van der Waals surface area contributed by atoms with Crippen molar-refractivity contribution in [1.29, 1.82) is 0 Å². The summed E-state index contributed by atoms with van der Waals surface area (Å²) in [4.78, 5) is 20.0. The van der Waals surface area contributed by atoms with E-state index in [0.717, 1.165) is 11.5 Å². The summed E-state index contributed by atoms with van der Waals surface area (Å²) in [6, 6.07) is 3.75. The van der Waals surface area contributed by atoms with Crippen molar-refractivity contribution in [3.05, 3.63) is 22.7 Å². The molecule has 0 spiro atoms. The van der Waals surface area contributed by atoms with Gasteiger partial charge in [-0.25, -0.2) is 4.79 Å². The molecule has 1 aliphatic heterocycles. The fraction of sp³-hybridized carbons (Fsp3) is 0.579. The topological polar surface area (TPSA) is 75.6 Å². The first-order valence-electron chi connectivity index (χ1n) is 9.40. The normalized spacial score (nSPS) is 14.2. The molecule has 1 saturated heterocycles. The Labute approximate surface area is 194 Å². The van der Waals surface area contributed by atoms with Crippen LogP contribution in [0.15, 0.2) is 17.1 Å². The molecule has 1 aromatic carbocycles. The Bertz CT molecular complexity index is 697. The molecule has 0 saturated carbocycles. The molecular weight excluding hydrogens is 511 g/mol. The Hall–Kier alpha value is -1.62. The molecule has 1 aliphatic rings. The number of hydrogen-bond donors (Lipinski definition) is 1. The third-order valence-corrected chi connectivity index (χ3v) is 4.63. The van der Waals surface area contributed by atoms with Crippen LogP contribution >= 0.6 is 35.6 Å². The Kier molecular flexibility index (Phi) is 11.3. The van der Waals surface area contributed by atoms with E-state index in [0.29, 0.717) is 62.5 Å². The summed E-state index contributed by atoms with van der Waals surface area (Å²) in [5, 5.41) is 3.85. The van der Waals surface area contributed by atoms with Gasteiger partial charge in [0, 0.05) is 39.8 Å². The maximum Gasteiger partial charge on any atom is 0.409 e. The van der Waals surface area contributed by atoms with Crippen LogP contribution < -0.4 is 14.8 Å². The van der Waals surface area contributed by atoms with Crippen LogP contribution in [0.4, 0.5) is 4.79 Å². The number of nitrogens with one attached hydrogen (secondary N) is 1. The highest BCUT2D eigenvalue weighted by Crippen LogP contribution is 2.36. The third-order valence-electron chi connectivity index (χ3n) is 4.35. The molecule has 10 heteroatoms. The van der Waals surface area contributed by atoms with Gasteiger partial charge in [0.05, 0.1) is 25.3 Å². The number of benzene rings is 1. The van der Waals surface area contributed by atoms with E-state index in [1.165, 1.54) is 0 Å². The number of methoxy groups -OCH3 is 1. The number of nitrogens with zero attached hydrogens (tertiary/aromatic N) is 3. The molecule has 1 fully saturated rings. The van der Waals surface area contributed by atoms with Crippen LogP contribution in [0.25, 0.3) is 0 Å². The standard InChI is InChI=1S/C19H29ClN4O4.HI/c1-5-27-17-15(20)11-14(12-16(17)26-4)13-22-18(21-3)23-7-9-24(10-8-23)19(25)28-6-2;/h11-12H,5-10,13H2,1-4H3,(H,21,22);1H. The van der Waals surface area contributed by atoms with Crippen LogP contribution in [0.5, 0.6) is 11.5 Å². The van der Waals surface area contributed by atoms with Gasteiger partial charge in [0.25, 0.3) is 0 Å². The van der Waals surface area contributed by atoms with Crippen molar-refractivity contribution >= 4 is 47.6 Å². The van der Waals surface area contributed by atoms with E-state index in [9.17, 15) is 4.79 Å². The van der Waals surface area contributed by atoms with Crippen molar-refractivity contribution in [2.24, 2.45) is 4.99 Å². The first-order valence-corrected chi connectivity index (χ1v) is 9.78. The van der Waals surface area contributed by atoms with Crippen LogP contribution in [0.2, 0.25) is 5.02 Å². The van der Waals surface area contributed by atoms with E-state index in [4.69, 9.17) is 25.8 Å². The van der Waals surface area contributed by atoms with Gasteiger partial charge in [-0.3, -0.25) is 4.99 Å². The number of rotatable bonds is 6. The van der Waals surface area contributed by atoms with E-state index >= 15 is 0 Å². The molecule has 0 unspecified atom stereocenters. The van der Waals surface area contributed by atoms with E-state index in [1.54, 1.807) is 19.1 Å². The van der Waals surface area contributed by atoms with Gasteiger partial charge in [-0.05, 0) is 31.5 Å². The molecular formula is C19H30ClIN4O4. The van der Waals surface area contributed by atoms with Crippen molar-refractivity contribution in [1.82, 2.24) is 15.1 Å². The van der Waals surface area contributed by atoms with Crippen molar-refractivity contribution in [2.45, 2.75) is 20.4 Å². The zero-order valence-electron chi connectivity index (χ0n) is 17.4. The summed E-state index contributed by atoms with van der Waals surface area (Å²) in [6.45, 7) is 7.71.